The number of carboxylic acids is 1. The second kappa shape index (κ2) is 4.38. The van der Waals surface area contributed by atoms with Crippen LogP contribution in [0.4, 0.5) is 0 Å². The molecule has 1 aromatic heterocycles. The SMILES string of the molecule is Cn1c(=O)n(-c2cccc(C(=O)O)c2)c2ccccc21. The third-order valence-corrected chi connectivity index (χ3v) is 3.31. The number of carbonyl (C=O) groups is 1. The molecule has 0 amide bonds. The number of rotatable bonds is 2. The van der Waals surface area contributed by atoms with E-state index < -0.39 is 5.97 Å². The van der Waals surface area contributed by atoms with Gasteiger partial charge in [-0.2, -0.15) is 0 Å². The van der Waals surface area contributed by atoms with Crippen LogP contribution in [-0.2, 0) is 7.05 Å². The number of carboxylic acid groups (broad SMARTS) is 1. The highest BCUT2D eigenvalue weighted by Crippen LogP contribution is 2.17. The monoisotopic (exact) mass is 268 g/mol. The van der Waals surface area contributed by atoms with Gasteiger partial charge in [-0.25, -0.2) is 9.59 Å². The summed E-state index contributed by atoms with van der Waals surface area (Å²) in [4.78, 5) is 23.4. The van der Waals surface area contributed by atoms with E-state index in [0.29, 0.717) is 5.69 Å². The molecule has 3 aromatic rings. The number of hydrogen-bond acceptors (Lipinski definition) is 2. The second-order valence-corrected chi connectivity index (χ2v) is 4.52. The zero-order chi connectivity index (χ0) is 14.3. The molecule has 0 aliphatic carbocycles. The van der Waals surface area contributed by atoms with Gasteiger partial charge in [0.2, 0.25) is 0 Å². The highest BCUT2D eigenvalue weighted by Gasteiger charge is 2.12. The minimum absolute atomic E-state index is 0.155. The summed E-state index contributed by atoms with van der Waals surface area (Å²) in [6.45, 7) is 0. The summed E-state index contributed by atoms with van der Waals surface area (Å²) in [5.74, 6) is -1.01. The molecule has 0 aliphatic rings. The molecule has 0 fully saturated rings. The fourth-order valence-corrected chi connectivity index (χ4v) is 2.32. The van der Waals surface area contributed by atoms with Crippen molar-refractivity contribution < 1.29 is 9.90 Å². The molecule has 0 spiro atoms. The Labute approximate surface area is 114 Å². The summed E-state index contributed by atoms with van der Waals surface area (Å²) in [6.07, 6.45) is 0. The summed E-state index contributed by atoms with van der Waals surface area (Å²) in [7, 11) is 1.70. The highest BCUT2D eigenvalue weighted by atomic mass is 16.4. The predicted molar refractivity (Wildman–Crippen MR) is 75.5 cm³/mol. The summed E-state index contributed by atoms with van der Waals surface area (Å²) in [5.41, 5.74) is 2.06. The number of aryl methyl sites for hydroxylation is 1. The molecule has 1 N–H and O–H groups in total. The van der Waals surface area contributed by atoms with E-state index in [1.165, 1.54) is 16.7 Å². The van der Waals surface area contributed by atoms with Crippen molar-refractivity contribution in [3.8, 4) is 5.69 Å². The molecule has 0 atom stereocenters. The van der Waals surface area contributed by atoms with Crippen LogP contribution < -0.4 is 5.69 Å². The van der Waals surface area contributed by atoms with Gasteiger partial charge in [-0.1, -0.05) is 18.2 Å². The average Bonchev–Trinajstić information content (AvgIpc) is 2.72. The Hall–Kier alpha value is -2.82. The second-order valence-electron chi connectivity index (χ2n) is 4.52. The molecule has 1 heterocycles. The zero-order valence-corrected chi connectivity index (χ0v) is 10.8. The summed E-state index contributed by atoms with van der Waals surface area (Å²) < 4.78 is 3.06. The first kappa shape index (κ1) is 12.2. The lowest BCUT2D eigenvalue weighted by Gasteiger charge is -2.04. The van der Waals surface area contributed by atoms with Crippen LogP contribution >= 0.6 is 0 Å². The van der Waals surface area contributed by atoms with Crippen molar-refractivity contribution in [2.45, 2.75) is 0 Å². The molecule has 5 nitrogen and oxygen atoms in total. The topological polar surface area (TPSA) is 64.2 Å². The summed E-state index contributed by atoms with van der Waals surface area (Å²) in [6, 6.07) is 13.8. The van der Waals surface area contributed by atoms with Gasteiger partial charge in [-0.15, -0.1) is 0 Å². The van der Waals surface area contributed by atoms with Crippen LogP contribution in [0.1, 0.15) is 10.4 Å². The first-order valence-corrected chi connectivity index (χ1v) is 6.10. The Morgan fingerprint density at radius 3 is 2.45 bits per heavy atom. The van der Waals surface area contributed by atoms with Gasteiger partial charge in [-0.05, 0) is 30.3 Å². The van der Waals surface area contributed by atoms with Crippen molar-refractivity contribution in [1.29, 1.82) is 0 Å². The van der Waals surface area contributed by atoms with Gasteiger partial charge in [0.1, 0.15) is 0 Å². The van der Waals surface area contributed by atoms with E-state index in [1.807, 2.05) is 24.3 Å². The molecule has 100 valence electrons. The van der Waals surface area contributed by atoms with Crippen molar-refractivity contribution in [2.75, 3.05) is 0 Å². The van der Waals surface area contributed by atoms with Crippen LogP contribution in [0, 0.1) is 0 Å². The average molecular weight is 268 g/mol. The number of aromatic nitrogens is 2. The molecule has 0 radical (unpaired) electrons. The van der Waals surface area contributed by atoms with Crippen molar-refractivity contribution in [1.82, 2.24) is 9.13 Å². The maximum Gasteiger partial charge on any atom is 0.335 e. The molecule has 0 bridgehead atoms. The molecule has 3 rings (SSSR count). The smallest absolute Gasteiger partial charge is 0.335 e. The fourth-order valence-electron chi connectivity index (χ4n) is 2.32. The molecule has 5 heteroatoms. The minimum atomic E-state index is -1.01. The van der Waals surface area contributed by atoms with Crippen LogP contribution in [0.15, 0.2) is 53.3 Å². The largest absolute Gasteiger partial charge is 0.478 e. The van der Waals surface area contributed by atoms with E-state index in [4.69, 9.17) is 5.11 Å². The van der Waals surface area contributed by atoms with Crippen molar-refractivity contribution in [3.63, 3.8) is 0 Å². The maximum absolute atomic E-state index is 12.3. The van der Waals surface area contributed by atoms with Gasteiger partial charge in [-0.3, -0.25) is 9.13 Å². The molecule has 0 saturated carbocycles. The molecule has 0 saturated heterocycles. The van der Waals surface area contributed by atoms with E-state index in [-0.39, 0.29) is 11.3 Å². The van der Waals surface area contributed by atoms with Crippen LogP contribution in [-0.4, -0.2) is 20.2 Å². The molecular weight excluding hydrogens is 256 g/mol. The molecular formula is C15H12N2O3. The van der Waals surface area contributed by atoms with Crippen LogP contribution in [0.5, 0.6) is 0 Å². The minimum Gasteiger partial charge on any atom is -0.478 e. The fraction of sp³-hybridized carbons (Fsp3) is 0.0667. The molecule has 0 unspecified atom stereocenters. The van der Waals surface area contributed by atoms with Gasteiger partial charge < -0.3 is 5.11 Å². The summed E-state index contributed by atoms with van der Waals surface area (Å²) >= 11 is 0. The van der Waals surface area contributed by atoms with Crippen molar-refractivity contribution >= 4 is 17.0 Å². The van der Waals surface area contributed by atoms with Crippen LogP contribution in [0.25, 0.3) is 16.7 Å². The number of imidazole rings is 1. The number of fused-ring (bicyclic) bond motifs is 1. The first-order chi connectivity index (χ1) is 9.59. The quantitative estimate of drug-likeness (QED) is 0.773. The van der Waals surface area contributed by atoms with E-state index in [9.17, 15) is 9.59 Å². The van der Waals surface area contributed by atoms with Gasteiger partial charge in [0.15, 0.2) is 0 Å². The number of benzene rings is 2. The summed E-state index contributed by atoms with van der Waals surface area (Å²) in [5, 5.41) is 9.05. The molecule has 20 heavy (non-hydrogen) atoms. The Morgan fingerprint density at radius 1 is 1.05 bits per heavy atom. The van der Waals surface area contributed by atoms with Gasteiger partial charge in [0, 0.05) is 7.05 Å². The Bertz CT molecular complexity index is 874. The van der Waals surface area contributed by atoms with Gasteiger partial charge in [0.05, 0.1) is 22.3 Å². The Morgan fingerprint density at radius 2 is 1.75 bits per heavy atom. The lowest BCUT2D eigenvalue weighted by atomic mass is 10.2. The number of nitrogens with zero attached hydrogens (tertiary/aromatic N) is 2. The van der Waals surface area contributed by atoms with Crippen LogP contribution in [0.3, 0.4) is 0 Å². The van der Waals surface area contributed by atoms with E-state index in [0.717, 1.165) is 11.0 Å². The normalized spacial score (nSPS) is 10.8. The van der Waals surface area contributed by atoms with Gasteiger partial charge in [0.25, 0.3) is 0 Å². The maximum atomic E-state index is 12.3. The Balaban J connectivity index is 2.35. The van der Waals surface area contributed by atoms with E-state index >= 15 is 0 Å². The predicted octanol–water partition coefficient (Wildman–Crippen LogP) is 2.03. The third kappa shape index (κ3) is 1.72. The third-order valence-electron chi connectivity index (χ3n) is 3.31. The van der Waals surface area contributed by atoms with Crippen molar-refractivity contribution in [3.05, 3.63) is 64.6 Å². The molecule has 0 aliphatic heterocycles. The van der Waals surface area contributed by atoms with Gasteiger partial charge >= 0.3 is 11.7 Å². The number of hydrogen-bond donors (Lipinski definition) is 1. The Kier molecular flexibility index (Phi) is 2.68. The zero-order valence-electron chi connectivity index (χ0n) is 10.8. The van der Waals surface area contributed by atoms with E-state index in [2.05, 4.69) is 0 Å². The molecule has 2 aromatic carbocycles. The standard InChI is InChI=1S/C15H12N2O3/c1-16-12-7-2-3-8-13(12)17(15(16)20)11-6-4-5-10(9-11)14(18)19/h2-9H,1H3,(H,18,19). The number of para-hydroxylation sites is 2. The first-order valence-electron chi connectivity index (χ1n) is 6.10. The van der Waals surface area contributed by atoms with Crippen molar-refractivity contribution in [2.24, 2.45) is 7.05 Å². The lowest BCUT2D eigenvalue weighted by molar-refractivity contribution is 0.0697. The lowest BCUT2D eigenvalue weighted by Crippen LogP contribution is -2.21. The van der Waals surface area contributed by atoms with Crippen LogP contribution in [0.2, 0.25) is 0 Å². The van der Waals surface area contributed by atoms with E-state index in [1.54, 1.807) is 23.7 Å². The highest BCUT2D eigenvalue weighted by molar-refractivity contribution is 5.88. The number of aromatic carboxylic acids is 1.